The highest BCUT2D eigenvalue weighted by Gasteiger charge is 2.45. The molecule has 1 amide bonds. The minimum atomic E-state index is -0.685. The Kier molecular flexibility index (Phi) is 7.41. The minimum Gasteiger partial charge on any atom is -0.507 e. The average molecular weight is 424 g/mol. The molecule has 0 radical (unpaired) electrons. The van der Waals surface area contributed by atoms with Crippen LogP contribution in [0.4, 0.5) is 0 Å². The molecule has 31 heavy (non-hydrogen) atoms. The van der Waals surface area contributed by atoms with E-state index in [-0.39, 0.29) is 11.3 Å². The number of likely N-dealkylation sites (N-methyl/N-ethyl adjacent to an activating group) is 1. The summed E-state index contributed by atoms with van der Waals surface area (Å²) in [5.74, 6) is -0.885. The lowest BCUT2D eigenvalue weighted by Gasteiger charge is -2.26. The number of carbonyl (C=O) groups excluding carboxylic acids is 2. The van der Waals surface area contributed by atoms with E-state index in [0.29, 0.717) is 31.0 Å². The Labute approximate surface area is 183 Å². The Hall–Kier alpha value is -3.19. The van der Waals surface area contributed by atoms with Gasteiger partial charge in [0.05, 0.1) is 18.2 Å². The quantitative estimate of drug-likeness (QED) is 0.289. The third kappa shape index (κ3) is 5.11. The number of carbonyl (C=O) groups is 2. The van der Waals surface area contributed by atoms with E-state index >= 15 is 0 Å². The van der Waals surface area contributed by atoms with Crippen molar-refractivity contribution in [2.75, 3.05) is 33.8 Å². The number of likely N-dealkylation sites (tertiary alicyclic amines) is 1. The normalized spacial score (nSPS) is 18.1. The summed E-state index contributed by atoms with van der Waals surface area (Å²) < 4.78 is 5.74. The van der Waals surface area contributed by atoms with Gasteiger partial charge in [-0.3, -0.25) is 14.6 Å². The highest BCUT2D eigenvalue weighted by molar-refractivity contribution is 6.46. The van der Waals surface area contributed by atoms with Crippen LogP contribution >= 0.6 is 0 Å². The minimum absolute atomic E-state index is 0.0839. The summed E-state index contributed by atoms with van der Waals surface area (Å²) in [5, 5.41) is 11.1. The van der Waals surface area contributed by atoms with Gasteiger partial charge >= 0.3 is 0 Å². The van der Waals surface area contributed by atoms with Gasteiger partial charge in [-0.2, -0.15) is 0 Å². The molecule has 0 aliphatic carbocycles. The summed E-state index contributed by atoms with van der Waals surface area (Å²) in [5.41, 5.74) is 1.25. The smallest absolute Gasteiger partial charge is 0.295 e. The summed E-state index contributed by atoms with van der Waals surface area (Å²) in [4.78, 5) is 33.3. The van der Waals surface area contributed by atoms with Crippen molar-refractivity contribution in [1.29, 1.82) is 0 Å². The van der Waals surface area contributed by atoms with Crippen molar-refractivity contribution in [3.63, 3.8) is 0 Å². The first-order valence-corrected chi connectivity index (χ1v) is 10.5. The van der Waals surface area contributed by atoms with Crippen LogP contribution in [0.1, 0.15) is 36.9 Å². The fraction of sp³-hybridized carbons (Fsp3) is 0.375. The Morgan fingerprint density at radius 1 is 1.19 bits per heavy atom. The van der Waals surface area contributed by atoms with Crippen LogP contribution < -0.4 is 4.74 Å². The van der Waals surface area contributed by atoms with Crippen LogP contribution in [-0.2, 0) is 9.59 Å². The maximum absolute atomic E-state index is 13.0. The van der Waals surface area contributed by atoms with E-state index in [1.54, 1.807) is 42.7 Å². The van der Waals surface area contributed by atoms with Gasteiger partial charge in [-0.15, -0.1) is 0 Å². The monoisotopic (exact) mass is 423 g/mol. The van der Waals surface area contributed by atoms with Crippen LogP contribution in [0.15, 0.2) is 54.4 Å². The van der Waals surface area contributed by atoms with E-state index in [4.69, 9.17) is 4.74 Å². The predicted molar refractivity (Wildman–Crippen MR) is 119 cm³/mol. The molecule has 1 aliphatic heterocycles. The maximum Gasteiger partial charge on any atom is 0.295 e. The summed E-state index contributed by atoms with van der Waals surface area (Å²) in [7, 11) is 3.81. The van der Waals surface area contributed by atoms with Crippen molar-refractivity contribution in [1.82, 2.24) is 14.8 Å². The zero-order chi connectivity index (χ0) is 22.4. The number of Topliss-reactive ketones (excluding diaryl/α,β-unsaturated/α-hetero) is 1. The molecular formula is C24H29N3O4. The molecule has 0 bridgehead atoms. The Bertz CT molecular complexity index is 956. The lowest BCUT2D eigenvalue weighted by Crippen LogP contribution is -2.35. The number of unbranched alkanes of at least 4 members (excludes halogenated alkanes) is 1. The number of hydrogen-bond donors (Lipinski definition) is 1. The summed E-state index contributed by atoms with van der Waals surface area (Å²) in [6.45, 7) is 3.61. The molecule has 164 valence electrons. The number of amides is 1. The molecule has 1 saturated heterocycles. The van der Waals surface area contributed by atoms with Gasteiger partial charge in [-0.25, -0.2) is 0 Å². The van der Waals surface area contributed by atoms with Crippen molar-refractivity contribution in [3.05, 3.63) is 65.5 Å². The molecule has 2 aromatic rings. The molecule has 1 N–H and O–H groups in total. The van der Waals surface area contributed by atoms with Gasteiger partial charge in [0.25, 0.3) is 11.7 Å². The van der Waals surface area contributed by atoms with Gasteiger partial charge < -0.3 is 19.6 Å². The average Bonchev–Trinajstić information content (AvgIpc) is 3.03. The van der Waals surface area contributed by atoms with E-state index in [1.165, 1.54) is 4.90 Å². The molecule has 0 saturated carbocycles. The lowest BCUT2D eigenvalue weighted by molar-refractivity contribution is -0.140. The number of aliphatic hydroxyl groups is 1. The zero-order valence-electron chi connectivity index (χ0n) is 18.2. The molecule has 1 aromatic heterocycles. The van der Waals surface area contributed by atoms with Gasteiger partial charge in [0.1, 0.15) is 11.5 Å². The number of aromatic nitrogens is 1. The second-order valence-corrected chi connectivity index (χ2v) is 7.81. The molecule has 1 fully saturated rings. The molecular weight excluding hydrogens is 394 g/mol. The first-order valence-electron chi connectivity index (χ1n) is 10.5. The van der Waals surface area contributed by atoms with Gasteiger partial charge in [-0.1, -0.05) is 25.5 Å². The molecule has 0 spiro atoms. The van der Waals surface area contributed by atoms with Crippen LogP contribution in [-0.4, -0.2) is 65.4 Å². The zero-order valence-corrected chi connectivity index (χ0v) is 18.2. The van der Waals surface area contributed by atoms with E-state index < -0.39 is 17.7 Å². The van der Waals surface area contributed by atoms with Crippen LogP contribution in [0, 0.1) is 0 Å². The number of nitrogens with zero attached hydrogens (tertiary/aromatic N) is 3. The molecule has 1 aromatic carbocycles. The first kappa shape index (κ1) is 22.5. The Balaban J connectivity index is 2.03. The van der Waals surface area contributed by atoms with Crippen LogP contribution in [0.2, 0.25) is 0 Å². The summed E-state index contributed by atoms with van der Waals surface area (Å²) in [6, 6.07) is 9.82. The second kappa shape index (κ2) is 10.2. The molecule has 1 aliphatic rings. The fourth-order valence-electron chi connectivity index (χ4n) is 3.53. The number of benzene rings is 1. The Morgan fingerprint density at radius 3 is 2.61 bits per heavy atom. The molecule has 1 atom stereocenters. The lowest BCUT2D eigenvalue weighted by atomic mass is 9.96. The molecule has 3 rings (SSSR count). The number of rotatable bonds is 9. The number of hydrogen-bond acceptors (Lipinski definition) is 6. The first-order chi connectivity index (χ1) is 14.9. The largest absolute Gasteiger partial charge is 0.507 e. The van der Waals surface area contributed by atoms with Crippen LogP contribution in [0.3, 0.4) is 0 Å². The van der Waals surface area contributed by atoms with Gasteiger partial charge in [0, 0.05) is 31.0 Å². The summed E-state index contributed by atoms with van der Waals surface area (Å²) in [6.07, 6.45) is 5.17. The topological polar surface area (TPSA) is 83.0 Å². The SMILES string of the molecule is CCCCOc1cccc(/C(O)=C2\C(=O)C(=O)N(CCN(C)C)C2c2ccncc2)c1. The Morgan fingerprint density at radius 2 is 1.94 bits per heavy atom. The van der Waals surface area contributed by atoms with E-state index in [2.05, 4.69) is 11.9 Å². The van der Waals surface area contributed by atoms with Gasteiger partial charge in [0.15, 0.2) is 0 Å². The molecule has 7 heteroatoms. The number of ether oxygens (including phenoxy) is 1. The standard InChI is InChI=1S/C24H29N3O4/c1-4-5-15-31-19-8-6-7-18(16-19)22(28)20-21(17-9-11-25-12-10-17)27(14-13-26(2)3)24(30)23(20)29/h6-12,16,21,28H,4-5,13-15H2,1-3H3/b22-20+. The van der Waals surface area contributed by atoms with Crippen molar-refractivity contribution >= 4 is 17.4 Å². The van der Waals surface area contributed by atoms with E-state index in [9.17, 15) is 14.7 Å². The van der Waals surface area contributed by atoms with Crippen molar-refractivity contribution in [3.8, 4) is 5.75 Å². The third-order valence-electron chi connectivity index (χ3n) is 5.22. The van der Waals surface area contributed by atoms with Gasteiger partial charge in [0.2, 0.25) is 0 Å². The van der Waals surface area contributed by atoms with Crippen LogP contribution in [0.5, 0.6) is 5.75 Å². The molecule has 1 unspecified atom stereocenters. The van der Waals surface area contributed by atoms with Crippen LogP contribution in [0.25, 0.3) is 5.76 Å². The van der Waals surface area contributed by atoms with Gasteiger partial charge in [-0.05, 0) is 50.3 Å². The number of pyridine rings is 1. The molecule has 7 nitrogen and oxygen atoms in total. The van der Waals surface area contributed by atoms with Crippen molar-refractivity contribution < 1.29 is 19.4 Å². The van der Waals surface area contributed by atoms with E-state index in [1.807, 2.05) is 25.1 Å². The second-order valence-electron chi connectivity index (χ2n) is 7.81. The fourth-order valence-corrected chi connectivity index (χ4v) is 3.53. The molecule has 2 heterocycles. The highest BCUT2D eigenvalue weighted by Crippen LogP contribution is 2.39. The summed E-state index contributed by atoms with van der Waals surface area (Å²) >= 11 is 0. The number of ketones is 1. The van der Waals surface area contributed by atoms with Crippen molar-refractivity contribution in [2.45, 2.75) is 25.8 Å². The maximum atomic E-state index is 13.0. The van der Waals surface area contributed by atoms with Crippen molar-refractivity contribution in [2.24, 2.45) is 0 Å². The predicted octanol–water partition coefficient (Wildman–Crippen LogP) is 3.24. The van der Waals surface area contributed by atoms with E-state index in [0.717, 1.165) is 18.4 Å². The highest BCUT2D eigenvalue weighted by atomic mass is 16.5. The number of aliphatic hydroxyl groups excluding tert-OH is 1. The third-order valence-corrected chi connectivity index (χ3v) is 5.22.